The number of nitrogens with one attached hydrogen (secondary N) is 2. The van der Waals surface area contributed by atoms with E-state index in [1.807, 2.05) is 0 Å². The third-order valence-corrected chi connectivity index (χ3v) is 6.14. The molecule has 1 saturated heterocycles. The zero-order chi connectivity index (χ0) is 21.3. The SMILES string of the molecule is O=C(Nc1ncc(Cl)s1)C(CC1CCOCC1)n1c(=O)[nH]c2ccc(F)cc2c1=O. The summed E-state index contributed by atoms with van der Waals surface area (Å²) in [7, 11) is 0. The normalized spacial score (nSPS) is 15.9. The van der Waals surface area contributed by atoms with Gasteiger partial charge in [-0.2, -0.15) is 0 Å². The molecular formula is C19H18ClFN4O4S. The van der Waals surface area contributed by atoms with E-state index >= 15 is 0 Å². The summed E-state index contributed by atoms with van der Waals surface area (Å²) in [5.41, 5.74) is -1.25. The molecule has 1 fully saturated rings. The molecule has 4 rings (SSSR count). The van der Waals surface area contributed by atoms with Gasteiger partial charge in [0.2, 0.25) is 5.91 Å². The summed E-state index contributed by atoms with van der Waals surface area (Å²) in [6.07, 6.45) is 3.08. The number of carbonyl (C=O) groups excluding carboxylic acids is 1. The Kier molecular flexibility index (Phi) is 5.98. The number of rotatable bonds is 5. The van der Waals surface area contributed by atoms with Gasteiger partial charge in [-0.3, -0.25) is 9.59 Å². The van der Waals surface area contributed by atoms with Crippen LogP contribution in [0.3, 0.4) is 0 Å². The first-order chi connectivity index (χ1) is 14.4. The van der Waals surface area contributed by atoms with Crippen molar-refractivity contribution < 1.29 is 13.9 Å². The highest BCUT2D eigenvalue weighted by Gasteiger charge is 2.29. The number of thiazole rings is 1. The molecule has 8 nitrogen and oxygen atoms in total. The first-order valence-corrected chi connectivity index (χ1v) is 10.6. The lowest BCUT2D eigenvalue weighted by Gasteiger charge is -2.26. The molecule has 3 heterocycles. The fraction of sp³-hybridized carbons (Fsp3) is 0.368. The van der Waals surface area contributed by atoms with Crippen molar-refractivity contribution in [2.75, 3.05) is 18.5 Å². The van der Waals surface area contributed by atoms with Gasteiger partial charge in [0, 0.05) is 13.2 Å². The molecule has 11 heteroatoms. The molecule has 1 unspecified atom stereocenters. The minimum absolute atomic E-state index is 0.00308. The molecular weight excluding hydrogens is 435 g/mol. The Labute approximate surface area is 178 Å². The van der Waals surface area contributed by atoms with Crippen LogP contribution >= 0.6 is 22.9 Å². The van der Waals surface area contributed by atoms with Crippen LogP contribution in [0.25, 0.3) is 10.9 Å². The van der Waals surface area contributed by atoms with Crippen LogP contribution < -0.4 is 16.6 Å². The maximum absolute atomic E-state index is 13.7. The zero-order valence-corrected chi connectivity index (χ0v) is 17.3. The van der Waals surface area contributed by atoms with E-state index in [-0.39, 0.29) is 28.4 Å². The van der Waals surface area contributed by atoms with E-state index in [2.05, 4.69) is 15.3 Å². The predicted octanol–water partition coefficient (Wildman–Crippen LogP) is 2.94. The van der Waals surface area contributed by atoms with Gasteiger partial charge < -0.3 is 15.0 Å². The highest BCUT2D eigenvalue weighted by atomic mass is 35.5. The van der Waals surface area contributed by atoms with E-state index in [1.165, 1.54) is 12.3 Å². The van der Waals surface area contributed by atoms with E-state index in [0.29, 0.717) is 30.4 Å². The van der Waals surface area contributed by atoms with Gasteiger partial charge in [-0.05, 0) is 43.4 Å². The fourth-order valence-corrected chi connectivity index (χ4v) is 4.43. The van der Waals surface area contributed by atoms with Gasteiger partial charge in [-0.1, -0.05) is 22.9 Å². The van der Waals surface area contributed by atoms with Crippen LogP contribution in [0, 0.1) is 11.7 Å². The van der Waals surface area contributed by atoms with E-state index in [1.54, 1.807) is 0 Å². The molecule has 30 heavy (non-hydrogen) atoms. The first kappa shape index (κ1) is 20.7. The Balaban J connectivity index is 1.77. The molecule has 1 atom stereocenters. The Bertz CT molecular complexity index is 1200. The summed E-state index contributed by atoms with van der Waals surface area (Å²) in [6.45, 7) is 1.10. The summed E-state index contributed by atoms with van der Waals surface area (Å²) in [5, 5.41) is 2.89. The van der Waals surface area contributed by atoms with Gasteiger partial charge in [0.05, 0.1) is 17.1 Å². The maximum atomic E-state index is 13.7. The molecule has 0 radical (unpaired) electrons. The summed E-state index contributed by atoms with van der Waals surface area (Å²) in [5.74, 6) is -1.08. The van der Waals surface area contributed by atoms with Gasteiger partial charge in [0.25, 0.3) is 5.56 Å². The van der Waals surface area contributed by atoms with Crippen molar-refractivity contribution in [3.05, 3.63) is 55.4 Å². The Hall–Kier alpha value is -2.56. The zero-order valence-electron chi connectivity index (χ0n) is 15.7. The van der Waals surface area contributed by atoms with Crippen molar-refractivity contribution in [1.82, 2.24) is 14.5 Å². The van der Waals surface area contributed by atoms with Crippen molar-refractivity contribution in [3.8, 4) is 0 Å². The van der Waals surface area contributed by atoms with Crippen molar-refractivity contribution in [2.24, 2.45) is 5.92 Å². The summed E-state index contributed by atoms with van der Waals surface area (Å²) < 4.78 is 20.3. The average molecular weight is 453 g/mol. The lowest BCUT2D eigenvalue weighted by molar-refractivity contribution is -0.120. The Morgan fingerprint density at radius 1 is 1.40 bits per heavy atom. The van der Waals surface area contributed by atoms with Crippen LogP contribution in [0.2, 0.25) is 4.34 Å². The average Bonchev–Trinajstić information content (AvgIpc) is 3.13. The lowest BCUT2D eigenvalue weighted by Crippen LogP contribution is -2.43. The molecule has 1 aliphatic rings. The van der Waals surface area contributed by atoms with Gasteiger partial charge in [0.15, 0.2) is 5.13 Å². The molecule has 3 aromatic rings. The minimum Gasteiger partial charge on any atom is -0.381 e. The molecule has 0 bridgehead atoms. The quantitative estimate of drug-likeness (QED) is 0.619. The number of aromatic nitrogens is 3. The number of ether oxygens (including phenoxy) is 1. The molecule has 1 amide bonds. The van der Waals surface area contributed by atoms with Crippen LogP contribution in [-0.2, 0) is 9.53 Å². The van der Waals surface area contributed by atoms with Crippen molar-refractivity contribution in [1.29, 1.82) is 0 Å². The number of amides is 1. The second kappa shape index (κ2) is 8.66. The number of nitrogens with zero attached hydrogens (tertiary/aromatic N) is 2. The number of benzene rings is 1. The third kappa shape index (κ3) is 4.30. The van der Waals surface area contributed by atoms with Gasteiger partial charge in [0.1, 0.15) is 16.2 Å². The molecule has 0 spiro atoms. The highest BCUT2D eigenvalue weighted by Crippen LogP contribution is 2.28. The number of H-pyrrole nitrogens is 1. The number of carbonyl (C=O) groups is 1. The van der Waals surface area contributed by atoms with Crippen molar-refractivity contribution >= 4 is 44.9 Å². The third-order valence-electron chi connectivity index (χ3n) is 5.11. The molecule has 1 aromatic carbocycles. The fourth-order valence-electron chi connectivity index (χ4n) is 3.61. The van der Waals surface area contributed by atoms with E-state index < -0.39 is 29.0 Å². The highest BCUT2D eigenvalue weighted by molar-refractivity contribution is 7.19. The van der Waals surface area contributed by atoms with E-state index in [4.69, 9.17) is 16.3 Å². The smallest absolute Gasteiger partial charge is 0.329 e. The Morgan fingerprint density at radius 2 is 2.17 bits per heavy atom. The number of hydrogen-bond acceptors (Lipinski definition) is 6. The minimum atomic E-state index is -1.10. The topological polar surface area (TPSA) is 106 Å². The monoisotopic (exact) mass is 452 g/mol. The first-order valence-electron chi connectivity index (χ1n) is 9.36. The molecule has 2 aromatic heterocycles. The van der Waals surface area contributed by atoms with Crippen LogP contribution in [0.5, 0.6) is 0 Å². The number of aromatic amines is 1. The number of hydrogen-bond donors (Lipinski definition) is 2. The van der Waals surface area contributed by atoms with Crippen LogP contribution in [-0.4, -0.2) is 33.7 Å². The van der Waals surface area contributed by atoms with Gasteiger partial charge >= 0.3 is 5.69 Å². The van der Waals surface area contributed by atoms with E-state index in [9.17, 15) is 18.8 Å². The second-order valence-electron chi connectivity index (χ2n) is 7.06. The van der Waals surface area contributed by atoms with Crippen LogP contribution in [0.4, 0.5) is 9.52 Å². The number of halogens is 2. The molecule has 0 aliphatic carbocycles. The lowest BCUT2D eigenvalue weighted by atomic mass is 9.92. The molecule has 2 N–H and O–H groups in total. The summed E-state index contributed by atoms with van der Waals surface area (Å²) in [6, 6.07) is 2.43. The summed E-state index contributed by atoms with van der Waals surface area (Å²) >= 11 is 6.94. The molecule has 1 aliphatic heterocycles. The van der Waals surface area contributed by atoms with Crippen molar-refractivity contribution in [2.45, 2.75) is 25.3 Å². The van der Waals surface area contributed by atoms with Crippen LogP contribution in [0.15, 0.2) is 34.0 Å². The second-order valence-corrected chi connectivity index (χ2v) is 8.72. The maximum Gasteiger partial charge on any atom is 0.329 e. The standard InChI is InChI=1S/C19H18ClFN4O4S/c20-15-9-22-18(30-15)24-16(26)14(7-10-3-5-29-6-4-10)25-17(27)12-8-11(21)1-2-13(12)23-19(25)28/h1-2,8-10,14H,3-7H2,(H,23,28)(H,22,24,26). The number of fused-ring (bicyclic) bond motifs is 1. The van der Waals surface area contributed by atoms with Gasteiger partial charge in [-0.25, -0.2) is 18.7 Å². The largest absolute Gasteiger partial charge is 0.381 e. The molecule has 0 saturated carbocycles. The van der Waals surface area contributed by atoms with Crippen LogP contribution in [0.1, 0.15) is 25.3 Å². The van der Waals surface area contributed by atoms with Gasteiger partial charge in [-0.15, -0.1) is 0 Å². The predicted molar refractivity (Wildman–Crippen MR) is 112 cm³/mol. The molecule has 158 valence electrons. The summed E-state index contributed by atoms with van der Waals surface area (Å²) in [4.78, 5) is 45.5. The number of anilines is 1. The van der Waals surface area contributed by atoms with E-state index in [0.717, 1.165) is 28.0 Å². The Morgan fingerprint density at radius 3 is 2.87 bits per heavy atom. The van der Waals surface area contributed by atoms with Crippen molar-refractivity contribution in [3.63, 3.8) is 0 Å².